The van der Waals surface area contributed by atoms with E-state index in [2.05, 4.69) is 20.2 Å². The van der Waals surface area contributed by atoms with Crippen molar-refractivity contribution in [2.24, 2.45) is 5.92 Å². The molecule has 180 valence electrons. The number of thiazole rings is 1. The second kappa shape index (κ2) is 10.9. The third kappa shape index (κ3) is 5.83. The number of nitrogens with one attached hydrogen (secondary N) is 1. The van der Waals surface area contributed by atoms with Crippen molar-refractivity contribution in [3.63, 3.8) is 0 Å². The van der Waals surface area contributed by atoms with E-state index < -0.39 is 6.04 Å². The summed E-state index contributed by atoms with van der Waals surface area (Å²) in [7, 11) is 0. The van der Waals surface area contributed by atoms with Crippen LogP contribution < -0.4 is 10.1 Å². The van der Waals surface area contributed by atoms with Crippen LogP contribution in [0.3, 0.4) is 0 Å². The topological polar surface area (TPSA) is 67.4 Å². The first-order valence-corrected chi connectivity index (χ1v) is 12.7. The standard InChI is InChI=1S/C27H27FN4O2S/c28-21-6-4-19(5-7-21)26(24-3-1-2-12-29-24)31-27(33)20-10-13-32(14-11-20)15-16-34-22-8-9-23-25(17-22)35-18-30-23/h1-9,12,17-18,20,26H,10-11,13-16H2,(H,31,33)/t26-/m0/s1. The highest BCUT2D eigenvalue weighted by molar-refractivity contribution is 7.16. The maximum Gasteiger partial charge on any atom is 0.224 e. The zero-order valence-corrected chi connectivity index (χ0v) is 20.1. The lowest BCUT2D eigenvalue weighted by Gasteiger charge is -2.32. The van der Waals surface area contributed by atoms with Gasteiger partial charge in [-0.1, -0.05) is 18.2 Å². The summed E-state index contributed by atoms with van der Waals surface area (Å²) in [6, 6.07) is 17.4. The zero-order chi connectivity index (χ0) is 24.0. The minimum atomic E-state index is -0.411. The molecule has 2 aromatic carbocycles. The summed E-state index contributed by atoms with van der Waals surface area (Å²) in [6.07, 6.45) is 3.28. The van der Waals surface area contributed by atoms with Crippen LogP contribution >= 0.6 is 11.3 Å². The Kier molecular flexibility index (Phi) is 7.30. The van der Waals surface area contributed by atoms with Crippen LogP contribution in [0.1, 0.15) is 30.1 Å². The number of aromatic nitrogens is 2. The molecule has 35 heavy (non-hydrogen) atoms. The van der Waals surface area contributed by atoms with Gasteiger partial charge in [-0.15, -0.1) is 11.3 Å². The Morgan fingerprint density at radius 2 is 1.94 bits per heavy atom. The molecule has 3 heterocycles. The average molecular weight is 491 g/mol. The molecule has 1 aliphatic rings. The van der Waals surface area contributed by atoms with Crippen LogP contribution in [0.15, 0.2) is 72.4 Å². The van der Waals surface area contributed by atoms with Crippen LogP contribution in [-0.4, -0.2) is 47.0 Å². The summed E-state index contributed by atoms with van der Waals surface area (Å²) in [5, 5.41) is 3.16. The Morgan fingerprint density at radius 1 is 1.11 bits per heavy atom. The van der Waals surface area contributed by atoms with Crippen LogP contribution in [0.25, 0.3) is 10.2 Å². The van der Waals surface area contributed by atoms with E-state index in [9.17, 15) is 9.18 Å². The first-order valence-electron chi connectivity index (χ1n) is 11.8. The lowest BCUT2D eigenvalue weighted by Crippen LogP contribution is -2.42. The second-order valence-electron chi connectivity index (χ2n) is 8.69. The largest absolute Gasteiger partial charge is 0.492 e. The van der Waals surface area contributed by atoms with Crippen molar-refractivity contribution in [3.8, 4) is 5.75 Å². The van der Waals surface area contributed by atoms with Gasteiger partial charge in [0.2, 0.25) is 5.91 Å². The maximum atomic E-state index is 13.5. The van der Waals surface area contributed by atoms with Gasteiger partial charge >= 0.3 is 0 Å². The van der Waals surface area contributed by atoms with E-state index in [4.69, 9.17) is 4.74 Å². The molecule has 1 N–H and O–H groups in total. The molecule has 0 spiro atoms. The number of likely N-dealkylation sites (tertiary alicyclic amines) is 1. The fourth-order valence-corrected chi connectivity index (χ4v) is 5.13. The molecule has 2 aromatic heterocycles. The Hall–Kier alpha value is -3.36. The summed E-state index contributed by atoms with van der Waals surface area (Å²) in [6.45, 7) is 3.12. The minimum absolute atomic E-state index is 0.0127. The fourth-order valence-electron chi connectivity index (χ4n) is 4.43. The molecule has 8 heteroatoms. The van der Waals surface area contributed by atoms with E-state index in [1.54, 1.807) is 29.7 Å². The number of piperidine rings is 1. The molecule has 1 aliphatic heterocycles. The van der Waals surface area contributed by atoms with Gasteiger partial charge in [-0.2, -0.15) is 0 Å². The number of carbonyl (C=O) groups excluding carboxylic acids is 1. The molecule has 0 unspecified atom stereocenters. The summed E-state index contributed by atoms with van der Waals surface area (Å²) >= 11 is 1.61. The minimum Gasteiger partial charge on any atom is -0.492 e. The number of rotatable bonds is 8. The number of fused-ring (bicyclic) bond motifs is 1. The van der Waals surface area contributed by atoms with Crippen LogP contribution in [0.4, 0.5) is 4.39 Å². The molecular formula is C27H27FN4O2S. The van der Waals surface area contributed by atoms with E-state index in [0.717, 1.165) is 59.7 Å². The third-order valence-electron chi connectivity index (χ3n) is 6.41. The number of pyridine rings is 1. The molecule has 1 amide bonds. The Bertz CT molecular complexity index is 1260. The molecule has 0 bridgehead atoms. The van der Waals surface area contributed by atoms with Crippen LogP contribution in [0.2, 0.25) is 0 Å². The zero-order valence-electron chi connectivity index (χ0n) is 19.3. The number of hydrogen-bond donors (Lipinski definition) is 1. The molecule has 1 atom stereocenters. The van der Waals surface area contributed by atoms with Crippen LogP contribution in [-0.2, 0) is 4.79 Å². The summed E-state index contributed by atoms with van der Waals surface area (Å²) in [4.78, 5) is 24.2. The second-order valence-corrected chi connectivity index (χ2v) is 9.58. The summed E-state index contributed by atoms with van der Waals surface area (Å²) in [5.74, 6) is 0.504. The van der Waals surface area contributed by atoms with Gasteiger partial charge in [0.25, 0.3) is 0 Å². The van der Waals surface area contributed by atoms with Gasteiger partial charge in [-0.05, 0) is 74.0 Å². The first-order chi connectivity index (χ1) is 17.2. The molecule has 1 saturated heterocycles. The van der Waals surface area contributed by atoms with Crippen molar-refractivity contribution in [1.29, 1.82) is 0 Å². The molecule has 0 aliphatic carbocycles. The fraction of sp³-hybridized carbons (Fsp3) is 0.296. The normalized spacial score (nSPS) is 15.7. The van der Waals surface area contributed by atoms with Gasteiger partial charge in [0.1, 0.15) is 18.2 Å². The van der Waals surface area contributed by atoms with Crippen molar-refractivity contribution in [3.05, 3.63) is 89.4 Å². The van der Waals surface area contributed by atoms with Crippen LogP contribution in [0, 0.1) is 11.7 Å². The van der Waals surface area contributed by atoms with Gasteiger partial charge < -0.3 is 10.1 Å². The molecule has 5 rings (SSSR count). The Balaban J connectivity index is 1.13. The monoisotopic (exact) mass is 490 g/mol. The van der Waals surface area contributed by atoms with Gasteiger partial charge in [-0.3, -0.25) is 14.7 Å². The number of benzene rings is 2. The number of amides is 1. The molecule has 1 fully saturated rings. The van der Waals surface area contributed by atoms with E-state index in [-0.39, 0.29) is 17.6 Å². The number of nitrogens with zero attached hydrogens (tertiary/aromatic N) is 3. The van der Waals surface area contributed by atoms with Gasteiger partial charge in [-0.25, -0.2) is 9.37 Å². The van der Waals surface area contributed by atoms with Gasteiger partial charge in [0, 0.05) is 18.7 Å². The van der Waals surface area contributed by atoms with Gasteiger partial charge in [0.05, 0.1) is 27.5 Å². The number of halogens is 1. The average Bonchev–Trinajstić information content (AvgIpc) is 3.37. The summed E-state index contributed by atoms with van der Waals surface area (Å²) in [5.41, 5.74) is 4.38. The highest BCUT2D eigenvalue weighted by Gasteiger charge is 2.27. The smallest absolute Gasteiger partial charge is 0.224 e. The number of ether oxygens (including phenoxy) is 1. The van der Waals surface area contributed by atoms with E-state index >= 15 is 0 Å². The molecular weight excluding hydrogens is 463 g/mol. The predicted octanol–water partition coefficient (Wildman–Crippen LogP) is 4.83. The lowest BCUT2D eigenvalue weighted by molar-refractivity contribution is -0.127. The van der Waals surface area contributed by atoms with Crippen molar-refractivity contribution >= 4 is 27.5 Å². The Labute approximate surface area is 207 Å². The van der Waals surface area contributed by atoms with Crippen LogP contribution in [0.5, 0.6) is 5.75 Å². The van der Waals surface area contributed by atoms with E-state index in [0.29, 0.717) is 6.61 Å². The lowest BCUT2D eigenvalue weighted by atomic mass is 9.94. The SMILES string of the molecule is O=C(N[C@@H](c1ccc(F)cc1)c1ccccn1)C1CCN(CCOc2ccc3ncsc3c2)CC1. The number of carbonyl (C=O) groups is 1. The maximum absolute atomic E-state index is 13.5. The quantitative estimate of drug-likeness (QED) is 0.383. The summed E-state index contributed by atoms with van der Waals surface area (Å²) < 4.78 is 20.5. The van der Waals surface area contributed by atoms with Crippen molar-refractivity contribution in [1.82, 2.24) is 20.2 Å². The molecule has 0 saturated carbocycles. The molecule has 6 nitrogen and oxygen atoms in total. The Morgan fingerprint density at radius 3 is 2.71 bits per heavy atom. The first kappa shape index (κ1) is 23.4. The highest BCUT2D eigenvalue weighted by atomic mass is 32.1. The highest BCUT2D eigenvalue weighted by Crippen LogP contribution is 2.25. The number of hydrogen-bond acceptors (Lipinski definition) is 6. The van der Waals surface area contributed by atoms with Crippen molar-refractivity contribution < 1.29 is 13.9 Å². The van der Waals surface area contributed by atoms with Crippen molar-refractivity contribution in [2.75, 3.05) is 26.2 Å². The van der Waals surface area contributed by atoms with Gasteiger partial charge in [0.15, 0.2) is 0 Å². The third-order valence-corrected chi connectivity index (χ3v) is 7.20. The van der Waals surface area contributed by atoms with Crippen molar-refractivity contribution in [2.45, 2.75) is 18.9 Å². The van der Waals surface area contributed by atoms with E-state index in [1.165, 1.54) is 12.1 Å². The van der Waals surface area contributed by atoms with E-state index in [1.807, 2.05) is 41.9 Å². The molecule has 4 aromatic rings. The predicted molar refractivity (Wildman–Crippen MR) is 135 cm³/mol. The molecule has 0 radical (unpaired) electrons.